The van der Waals surface area contributed by atoms with Gasteiger partial charge in [-0.25, -0.2) is 13.4 Å². The third-order valence-corrected chi connectivity index (χ3v) is 7.65. The summed E-state index contributed by atoms with van der Waals surface area (Å²) in [5.74, 6) is 1.73. The van der Waals surface area contributed by atoms with Crippen molar-refractivity contribution in [3.8, 4) is 0 Å². The lowest BCUT2D eigenvalue weighted by atomic mass is 10.2. The highest BCUT2D eigenvalue weighted by atomic mass is 127. The van der Waals surface area contributed by atoms with Crippen molar-refractivity contribution in [1.29, 1.82) is 0 Å². The van der Waals surface area contributed by atoms with Gasteiger partial charge in [0.25, 0.3) is 0 Å². The van der Waals surface area contributed by atoms with Crippen LogP contribution in [0.15, 0.2) is 4.99 Å². The minimum atomic E-state index is -2.99. The number of hydrogen-bond acceptors (Lipinski definition) is 8. The summed E-state index contributed by atoms with van der Waals surface area (Å²) in [7, 11) is -1.25. The van der Waals surface area contributed by atoms with Crippen molar-refractivity contribution in [2.45, 2.75) is 32.2 Å². The van der Waals surface area contributed by atoms with E-state index in [0.29, 0.717) is 13.0 Å². The normalized spacial score (nSPS) is 21.3. The van der Waals surface area contributed by atoms with Gasteiger partial charge in [0.1, 0.15) is 5.82 Å². The van der Waals surface area contributed by atoms with Crippen LogP contribution in [0.4, 0.5) is 5.13 Å². The molecule has 2 fully saturated rings. The average Bonchev–Trinajstić information content (AvgIpc) is 3.31. The largest absolute Gasteiger partial charge is 0.356 e. The molecule has 0 bridgehead atoms. The molecule has 1 aromatic heterocycles. The van der Waals surface area contributed by atoms with E-state index in [4.69, 9.17) is 0 Å². The molecule has 30 heavy (non-hydrogen) atoms. The van der Waals surface area contributed by atoms with Gasteiger partial charge in [0.2, 0.25) is 11.0 Å². The number of guanidine groups is 1. The van der Waals surface area contributed by atoms with Crippen molar-refractivity contribution < 1.29 is 13.2 Å². The van der Waals surface area contributed by atoms with Gasteiger partial charge < -0.3 is 20.4 Å². The summed E-state index contributed by atoms with van der Waals surface area (Å²) in [5, 5.41) is 7.01. The van der Waals surface area contributed by atoms with Gasteiger partial charge in [-0.1, -0.05) is 6.92 Å². The summed E-state index contributed by atoms with van der Waals surface area (Å²) in [4.78, 5) is 25.3. The third kappa shape index (κ3) is 6.90. The zero-order chi connectivity index (χ0) is 20.9. The SMILES string of the molecule is CCc1nsc(N2CCN(C(=NC)NCCC(=O)NC3CCS(=O)(=O)C3)CC2)n1.I. The van der Waals surface area contributed by atoms with Crippen LogP contribution in [0.2, 0.25) is 0 Å². The fourth-order valence-electron chi connectivity index (χ4n) is 3.46. The van der Waals surface area contributed by atoms with Crippen LogP contribution in [-0.4, -0.2) is 91.9 Å². The number of carbonyl (C=O) groups excluding carboxylic acids is 1. The van der Waals surface area contributed by atoms with Crippen LogP contribution in [0.1, 0.15) is 25.6 Å². The van der Waals surface area contributed by atoms with Gasteiger partial charge in [0.15, 0.2) is 15.8 Å². The van der Waals surface area contributed by atoms with Gasteiger partial charge in [-0.05, 0) is 6.42 Å². The van der Waals surface area contributed by atoms with E-state index in [2.05, 4.69) is 41.7 Å². The van der Waals surface area contributed by atoms with Gasteiger partial charge >= 0.3 is 0 Å². The summed E-state index contributed by atoms with van der Waals surface area (Å²) in [6.07, 6.45) is 1.62. The Kier molecular flexibility index (Phi) is 9.53. The van der Waals surface area contributed by atoms with E-state index in [1.165, 1.54) is 11.5 Å². The standard InChI is InChI=1S/C17H29N7O3S2.HI/c1-3-14-21-17(28-22-14)24-9-7-23(8-10-24)16(18-2)19-6-4-15(25)20-13-5-11-29(26,27)12-13;/h13H,3-12H2,1-2H3,(H,18,19)(H,20,25);1H. The number of piperazine rings is 1. The van der Waals surface area contributed by atoms with E-state index in [1.807, 2.05) is 0 Å². The van der Waals surface area contributed by atoms with Crippen LogP contribution < -0.4 is 15.5 Å². The predicted molar refractivity (Wildman–Crippen MR) is 130 cm³/mol. The molecule has 2 aliphatic rings. The second kappa shape index (κ2) is 11.4. The molecule has 3 heterocycles. The highest BCUT2D eigenvalue weighted by molar-refractivity contribution is 14.0. The molecular formula is C17H30IN7O3S2. The Balaban J connectivity index is 0.00000320. The Morgan fingerprint density at radius 1 is 1.30 bits per heavy atom. The molecule has 0 aliphatic carbocycles. The molecule has 2 N–H and O–H groups in total. The van der Waals surface area contributed by atoms with Crippen molar-refractivity contribution in [1.82, 2.24) is 24.9 Å². The van der Waals surface area contributed by atoms with Gasteiger partial charge in [0, 0.05) is 70.2 Å². The van der Waals surface area contributed by atoms with Crippen LogP contribution in [0.5, 0.6) is 0 Å². The Morgan fingerprint density at radius 2 is 2.03 bits per heavy atom. The van der Waals surface area contributed by atoms with Gasteiger partial charge in [0.05, 0.1) is 11.5 Å². The van der Waals surface area contributed by atoms with Crippen molar-refractivity contribution in [3.63, 3.8) is 0 Å². The van der Waals surface area contributed by atoms with Crippen LogP contribution in [0, 0.1) is 0 Å². The lowest BCUT2D eigenvalue weighted by molar-refractivity contribution is -0.121. The predicted octanol–water partition coefficient (Wildman–Crippen LogP) is 0.109. The first kappa shape index (κ1) is 25.0. The number of anilines is 1. The number of hydrogen-bond donors (Lipinski definition) is 2. The molecule has 0 aromatic carbocycles. The quantitative estimate of drug-likeness (QED) is 0.281. The van der Waals surface area contributed by atoms with Crippen molar-refractivity contribution in [2.24, 2.45) is 4.99 Å². The fourth-order valence-corrected chi connectivity index (χ4v) is 5.93. The number of aromatic nitrogens is 2. The molecule has 1 aromatic rings. The Labute approximate surface area is 199 Å². The second-order valence-electron chi connectivity index (χ2n) is 7.21. The highest BCUT2D eigenvalue weighted by Gasteiger charge is 2.28. The van der Waals surface area contributed by atoms with Crippen molar-refractivity contribution in [2.75, 3.05) is 56.2 Å². The molecule has 1 amide bonds. The maximum atomic E-state index is 12.1. The van der Waals surface area contributed by atoms with E-state index in [-0.39, 0.29) is 53.9 Å². The van der Waals surface area contributed by atoms with Gasteiger partial charge in [-0.2, -0.15) is 4.37 Å². The molecular weight excluding hydrogens is 541 g/mol. The summed E-state index contributed by atoms with van der Waals surface area (Å²) in [6, 6.07) is -0.256. The lowest BCUT2D eigenvalue weighted by Crippen LogP contribution is -2.53. The van der Waals surface area contributed by atoms with Crippen LogP contribution in [-0.2, 0) is 21.1 Å². The smallest absolute Gasteiger partial charge is 0.222 e. The molecule has 0 radical (unpaired) electrons. The van der Waals surface area contributed by atoms with Crippen molar-refractivity contribution >= 4 is 62.3 Å². The second-order valence-corrected chi connectivity index (χ2v) is 10.2. The number of nitrogens with zero attached hydrogens (tertiary/aromatic N) is 5. The number of nitrogens with one attached hydrogen (secondary N) is 2. The molecule has 2 aliphatic heterocycles. The number of aliphatic imine (C=N–C) groups is 1. The monoisotopic (exact) mass is 571 g/mol. The zero-order valence-electron chi connectivity index (χ0n) is 17.3. The Bertz CT molecular complexity index is 838. The first-order valence-electron chi connectivity index (χ1n) is 9.93. The number of rotatable bonds is 6. The van der Waals surface area contributed by atoms with E-state index in [1.54, 1.807) is 7.05 Å². The summed E-state index contributed by atoms with van der Waals surface area (Å²) in [6.45, 7) is 5.81. The Hall–Kier alpha value is -1.22. The number of aryl methyl sites for hydroxylation is 1. The molecule has 0 saturated carbocycles. The highest BCUT2D eigenvalue weighted by Crippen LogP contribution is 2.19. The van der Waals surface area contributed by atoms with Crippen LogP contribution >= 0.6 is 35.5 Å². The topological polar surface area (TPSA) is 120 Å². The van der Waals surface area contributed by atoms with E-state index >= 15 is 0 Å². The molecule has 2 saturated heterocycles. The zero-order valence-corrected chi connectivity index (χ0v) is 21.3. The van der Waals surface area contributed by atoms with Crippen LogP contribution in [0.3, 0.4) is 0 Å². The molecule has 1 atom stereocenters. The Morgan fingerprint density at radius 3 is 2.60 bits per heavy atom. The first-order valence-corrected chi connectivity index (χ1v) is 12.5. The number of amides is 1. The van der Waals surface area contributed by atoms with Gasteiger partial charge in [-0.15, -0.1) is 24.0 Å². The summed E-state index contributed by atoms with van der Waals surface area (Å²) in [5.41, 5.74) is 0. The van der Waals surface area contributed by atoms with E-state index in [0.717, 1.165) is 49.5 Å². The molecule has 1 unspecified atom stereocenters. The molecule has 13 heteroatoms. The minimum absolute atomic E-state index is 0. The molecule has 170 valence electrons. The summed E-state index contributed by atoms with van der Waals surface area (Å²) >= 11 is 1.44. The number of halogens is 1. The van der Waals surface area contributed by atoms with Gasteiger partial charge in [-0.3, -0.25) is 9.79 Å². The molecule has 0 spiro atoms. The number of carbonyl (C=O) groups is 1. The third-order valence-electron chi connectivity index (χ3n) is 5.07. The van der Waals surface area contributed by atoms with E-state index in [9.17, 15) is 13.2 Å². The maximum Gasteiger partial charge on any atom is 0.222 e. The summed E-state index contributed by atoms with van der Waals surface area (Å²) < 4.78 is 27.3. The average molecular weight is 572 g/mol. The van der Waals surface area contributed by atoms with E-state index < -0.39 is 9.84 Å². The number of sulfone groups is 1. The lowest BCUT2D eigenvalue weighted by Gasteiger charge is -2.36. The fraction of sp³-hybridized carbons (Fsp3) is 0.765. The minimum Gasteiger partial charge on any atom is -0.356 e. The maximum absolute atomic E-state index is 12.1. The molecule has 10 nitrogen and oxygen atoms in total. The molecule has 3 rings (SSSR count). The van der Waals surface area contributed by atoms with Crippen LogP contribution in [0.25, 0.3) is 0 Å². The van der Waals surface area contributed by atoms with Crippen molar-refractivity contribution in [3.05, 3.63) is 5.82 Å². The first-order chi connectivity index (χ1) is 13.9.